The summed E-state index contributed by atoms with van der Waals surface area (Å²) in [5, 5.41) is 3.17. The SMILES string of the molecule is CCCNc1nc(C)c(C)nc1-c1ccc(F)c(F)c1. The maximum absolute atomic E-state index is 13.4. The van der Waals surface area contributed by atoms with Crippen molar-refractivity contribution in [2.24, 2.45) is 0 Å². The fraction of sp³-hybridized carbons (Fsp3) is 0.333. The Morgan fingerprint density at radius 2 is 1.75 bits per heavy atom. The van der Waals surface area contributed by atoms with E-state index >= 15 is 0 Å². The second kappa shape index (κ2) is 5.94. The molecule has 5 heteroatoms. The van der Waals surface area contributed by atoms with E-state index in [0.717, 1.165) is 36.5 Å². The molecule has 0 bridgehead atoms. The Labute approximate surface area is 117 Å². The lowest BCUT2D eigenvalue weighted by atomic mass is 10.1. The molecule has 0 fully saturated rings. The van der Waals surface area contributed by atoms with E-state index in [1.165, 1.54) is 6.07 Å². The molecular weight excluding hydrogens is 260 g/mol. The van der Waals surface area contributed by atoms with Crippen molar-refractivity contribution < 1.29 is 8.78 Å². The molecule has 0 radical (unpaired) electrons. The van der Waals surface area contributed by atoms with Crippen LogP contribution in [0.5, 0.6) is 0 Å². The summed E-state index contributed by atoms with van der Waals surface area (Å²) in [6, 6.07) is 3.75. The van der Waals surface area contributed by atoms with E-state index in [9.17, 15) is 8.78 Å². The zero-order chi connectivity index (χ0) is 14.7. The van der Waals surface area contributed by atoms with Crippen LogP contribution >= 0.6 is 0 Å². The third-order valence-electron chi connectivity index (χ3n) is 3.04. The van der Waals surface area contributed by atoms with Crippen molar-refractivity contribution in [1.29, 1.82) is 0 Å². The first-order chi connectivity index (χ1) is 9.52. The van der Waals surface area contributed by atoms with Crippen LogP contribution in [0.4, 0.5) is 14.6 Å². The zero-order valence-electron chi connectivity index (χ0n) is 11.8. The number of nitrogens with zero attached hydrogens (tertiary/aromatic N) is 2. The van der Waals surface area contributed by atoms with Gasteiger partial charge in [0.25, 0.3) is 0 Å². The number of aromatic nitrogens is 2. The number of hydrogen-bond donors (Lipinski definition) is 1. The highest BCUT2D eigenvalue weighted by Crippen LogP contribution is 2.26. The number of benzene rings is 1. The first kappa shape index (κ1) is 14.4. The first-order valence-electron chi connectivity index (χ1n) is 6.57. The van der Waals surface area contributed by atoms with Gasteiger partial charge in [-0.1, -0.05) is 6.92 Å². The van der Waals surface area contributed by atoms with Gasteiger partial charge in [-0.2, -0.15) is 0 Å². The van der Waals surface area contributed by atoms with E-state index in [2.05, 4.69) is 15.3 Å². The molecule has 0 saturated heterocycles. The van der Waals surface area contributed by atoms with E-state index in [-0.39, 0.29) is 0 Å². The van der Waals surface area contributed by atoms with E-state index in [4.69, 9.17) is 0 Å². The van der Waals surface area contributed by atoms with E-state index in [1.807, 2.05) is 20.8 Å². The minimum Gasteiger partial charge on any atom is -0.368 e. The minimum atomic E-state index is -0.885. The summed E-state index contributed by atoms with van der Waals surface area (Å²) < 4.78 is 26.4. The van der Waals surface area contributed by atoms with Crippen molar-refractivity contribution in [3.63, 3.8) is 0 Å². The molecular formula is C15H17F2N3. The molecule has 2 aromatic rings. The molecule has 3 nitrogen and oxygen atoms in total. The molecule has 2 rings (SSSR count). The summed E-state index contributed by atoms with van der Waals surface area (Å²) in [7, 11) is 0. The van der Waals surface area contributed by atoms with Crippen LogP contribution in [0.3, 0.4) is 0 Å². The van der Waals surface area contributed by atoms with Crippen LogP contribution in [-0.2, 0) is 0 Å². The highest BCUT2D eigenvalue weighted by Gasteiger charge is 2.13. The number of rotatable bonds is 4. The minimum absolute atomic E-state index is 0.512. The molecule has 0 aliphatic rings. The summed E-state index contributed by atoms with van der Waals surface area (Å²) in [5.41, 5.74) is 2.64. The Hall–Kier alpha value is -2.04. The highest BCUT2D eigenvalue weighted by atomic mass is 19.2. The Balaban J connectivity index is 2.52. The van der Waals surface area contributed by atoms with Crippen LogP contribution in [0, 0.1) is 25.5 Å². The Morgan fingerprint density at radius 3 is 2.40 bits per heavy atom. The van der Waals surface area contributed by atoms with Gasteiger partial charge in [-0.05, 0) is 38.5 Å². The zero-order valence-corrected chi connectivity index (χ0v) is 11.8. The predicted molar refractivity (Wildman–Crippen MR) is 75.6 cm³/mol. The van der Waals surface area contributed by atoms with E-state index < -0.39 is 11.6 Å². The molecule has 1 N–H and O–H groups in total. The molecule has 106 valence electrons. The summed E-state index contributed by atoms with van der Waals surface area (Å²) in [6.45, 7) is 6.50. The van der Waals surface area contributed by atoms with Gasteiger partial charge in [0.15, 0.2) is 17.5 Å². The van der Waals surface area contributed by atoms with Crippen LogP contribution in [0.2, 0.25) is 0 Å². The molecule has 1 aromatic carbocycles. The number of hydrogen-bond acceptors (Lipinski definition) is 3. The summed E-state index contributed by atoms with van der Waals surface area (Å²) in [4.78, 5) is 8.90. The molecule has 0 amide bonds. The van der Waals surface area contributed by atoms with Crippen LogP contribution in [0.25, 0.3) is 11.3 Å². The summed E-state index contributed by atoms with van der Waals surface area (Å²) >= 11 is 0. The third kappa shape index (κ3) is 2.92. The number of anilines is 1. The second-order valence-corrected chi connectivity index (χ2v) is 4.65. The van der Waals surface area contributed by atoms with Crippen molar-refractivity contribution in [1.82, 2.24) is 9.97 Å². The lowest BCUT2D eigenvalue weighted by Crippen LogP contribution is -2.07. The van der Waals surface area contributed by atoms with Gasteiger partial charge in [0, 0.05) is 12.1 Å². The smallest absolute Gasteiger partial charge is 0.159 e. The molecule has 0 aliphatic heterocycles. The van der Waals surface area contributed by atoms with Crippen molar-refractivity contribution in [2.75, 3.05) is 11.9 Å². The fourth-order valence-corrected chi connectivity index (χ4v) is 1.81. The number of aryl methyl sites for hydroxylation is 2. The molecule has 0 unspecified atom stereocenters. The largest absolute Gasteiger partial charge is 0.368 e. The van der Waals surface area contributed by atoms with Gasteiger partial charge in [0.05, 0.1) is 11.4 Å². The molecule has 0 saturated carbocycles. The van der Waals surface area contributed by atoms with Gasteiger partial charge in [0.1, 0.15) is 5.69 Å². The van der Waals surface area contributed by atoms with E-state index in [1.54, 1.807) is 0 Å². The highest BCUT2D eigenvalue weighted by molar-refractivity contribution is 5.71. The quantitative estimate of drug-likeness (QED) is 0.922. The average molecular weight is 277 g/mol. The molecule has 1 heterocycles. The number of halogens is 2. The third-order valence-corrected chi connectivity index (χ3v) is 3.04. The topological polar surface area (TPSA) is 37.8 Å². The predicted octanol–water partition coefficient (Wildman–Crippen LogP) is 3.86. The van der Waals surface area contributed by atoms with Gasteiger partial charge >= 0.3 is 0 Å². The van der Waals surface area contributed by atoms with Gasteiger partial charge < -0.3 is 5.32 Å². The molecule has 0 spiro atoms. The molecule has 0 atom stereocenters. The van der Waals surface area contributed by atoms with E-state index in [0.29, 0.717) is 17.1 Å². The van der Waals surface area contributed by atoms with Crippen LogP contribution < -0.4 is 5.32 Å². The monoisotopic (exact) mass is 277 g/mol. The van der Waals surface area contributed by atoms with Crippen LogP contribution in [0.1, 0.15) is 24.7 Å². The van der Waals surface area contributed by atoms with Gasteiger partial charge in [0.2, 0.25) is 0 Å². The van der Waals surface area contributed by atoms with Gasteiger partial charge in [-0.25, -0.2) is 18.7 Å². The molecule has 20 heavy (non-hydrogen) atoms. The number of nitrogens with one attached hydrogen (secondary N) is 1. The maximum atomic E-state index is 13.4. The van der Waals surface area contributed by atoms with Crippen molar-refractivity contribution in [3.8, 4) is 11.3 Å². The standard InChI is InChI=1S/C15H17F2N3/c1-4-7-18-15-14(19-9(2)10(3)20-15)11-5-6-12(16)13(17)8-11/h5-6,8H,4,7H2,1-3H3,(H,18,20). The van der Waals surface area contributed by atoms with Crippen molar-refractivity contribution >= 4 is 5.82 Å². The summed E-state index contributed by atoms with van der Waals surface area (Å²) in [6.07, 6.45) is 0.936. The lowest BCUT2D eigenvalue weighted by Gasteiger charge is -2.12. The maximum Gasteiger partial charge on any atom is 0.159 e. The Bertz CT molecular complexity index is 627. The van der Waals surface area contributed by atoms with Gasteiger partial charge in [-0.15, -0.1) is 0 Å². The second-order valence-electron chi connectivity index (χ2n) is 4.65. The molecule has 1 aromatic heterocycles. The van der Waals surface area contributed by atoms with Crippen LogP contribution in [-0.4, -0.2) is 16.5 Å². The Morgan fingerprint density at radius 1 is 1.05 bits per heavy atom. The molecule has 0 aliphatic carbocycles. The lowest BCUT2D eigenvalue weighted by molar-refractivity contribution is 0.509. The normalized spacial score (nSPS) is 10.7. The summed E-state index contributed by atoms with van der Waals surface area (Å²) in [5.74, 6) is -1.15. The first-order valence-corrected chi connectivity index (χ1v) is 6.57. The van der Waals surface area contributed by atoms with Crippen molar-refractivity contribution in [2.45, 2.75) is 27.2 Å². The average Bonchev–Trinajstić information content (AvgIpc) is 2.43. The Kier molecular flexibility index (Phi) is 4.27. The van der Waals surface area contributed by atoms with Crippen molar-refractivity contribution in [3.05, 3.63) is 41.2 Å². The van der Waals surface area contributed by atoms with Crippen LogP contribution in [0.15, 0.2) is 18.2 Å². The van der Waals surface area contributed by atoms with Gasteiger partial charge in [-0.3, -0.25) is 0 Å². The fourth-order valence-electron chi connectivity index (χ4n) is 1.81.